The van der Waals surface area contributed by atoms with Crippen LogP contribution in [0.2, 0.25) is 0 Å². The monoisotopic (exact) mass is 257 g/mol. The van der Waals surface area contributed by atoms with Crippen LogP contribution in [0.15, 0.2) is 54.6 Å². The zero-order valence-corrected chi connectivity index (χ0v) is 12.1. The van der Waals surface area contributed by atoms with Gasteiger partial charge in [-0.15, -0.1) is 0 Å². The molecule has 102 valence electrons. The highest BCUT2D eigenvalue weighted by Crippen LogP contribution is 2.29. The Balaban J connectivity index is 0.000000861. The molecule has 0 saturated carbocycles. The number of nitrogens with one attached hydrogen (secondary N) is 1. The van der Waals surface area contributed by atoms with Gasteiger partial charge in [0.1, 0.15) is 0 Å². The summed E-state index contributed by atoms with van der Waals surface area (Å²) in [6.07, 6.45) is 0. The number of anilines is 2. The Morgan fingerprint density at radius 1 is 0.842 bits per heavy atom. The van der Waals surface area contributed by atoms with E-state index in [9.17, 15) is 5.11 Å². The van der Waals surface area contributed by atoms with Crippen LogP contribution in [-0.2, 0) is 5.60 Å². The van der Waals surface area contributed by atoms with Gasteiger partial charge in [0.2, 0.25) is 0 Å². The Kier molecular flexibility index (Phi) is 5.58. The normalized spacial score (nSPS) is 10.4. The highest BCUT2D eigenvalue weighted by Gasteiger charge is 2.19. The number of hydrogen-bond donors (Lipinski definition) is 2. The van der Waals surface area contributed by atoms with E-state index in [1.807, 2.05) is 68.4 Å². The van der Waals surface area contributed by atoms with Gasteiger partial charge in [0.25, 0.3) is 0 Å². The summed E-state index contributed by atoms with van der Waals surface area (Å²) in [5.74, 6) is 0. The predicted molar refractivity (Wildman–Crippen MR) is 82.8 cm³/mol. The van der Waals surface area contributed by atoms with Crippen molar-refractivity contribution in [2.24, 2.45) is 0 Å². The van der Waals surface area contributed by atoms with Crippen LogP contribution in [0.5, 0.6) is 0 Å². The minimum atomic E-state index is -0.849. The summed E-state index contributed by atoms with van der Waals surface area (Å²) < 4.78 is 0. The van der Waals surface area contributed by atoms with Gasteiger partial charge < -0.3 is 10.4 Å². The van der Waals surface area contributed by atoms with Crippen molar-refractivity contribution in [3.05, 3.63) is 60.2 Å². The topological polar surface area (TPSA) is 32.3 Å². The number of benzene rings is 2. The van der Waals surface area contributed by atoms with Crippen molar-refractivity contribution in [1.29, 1.82) is 0 Å². The first kappa shape index (κ1) is 15.3. The number of para-hydroxylation sites is 2. The third kappa shape index (κ3) is 4.42. The molecule has 2 heteroatoms. The summed E-state index contributed by atoms with van der Waals surface area (Å²) in [6.45, 7) is 7.58. The molecule has 0 bridgehead atoms. The van der Waals surface area contributed by atoms with Gasteiger partial charge in [-0.25, -0.2) is 0 Å². The van der Waals surface area contributed by atoms with Gasteiger partial charge in [-0.3, -0.25) is 0 Å². The van der Waals surface area contributed by atoms with Crippen LogP contribution < -0.4 is 5.32 Å². The molecule has 2 rings (SSSR count). The lowest BCUT2D eigenvalue weighted by Crippen LogP contribution is -2.17. The molecule has 0 unspecified atom stereocenters. The van der Waals surface area contributed by atoms with E-state index in [0.29, 0.717) is 0 Å². The molecule has 0 aliphatic heterocycles. The van der Waals surface area contributed by atoms with Crippen molar-refractivity contribution < 1.29 is 5.11 Å². The molecule has 0 aliphatic rings. The quantitative estimate of drug-likeness (QED) is 0.836. The van der Waals surface area contributed by atoms with Crippen molar-refractivity contribution in [3.63, 3.8) is 0 Å². The van der Waals surface area contributed by atoms with Crippen molar-refractivity contribution in [2.45, 2.75) is 33.3 Å². The average molecular weight is 257 g/mol. The van der Waals surface area contributed by atoms with Crippen LogP contribution in [0.3, 0.4) is 0 Å². The summed E-state index contributed by atoms with van der Waals surface area (Å²) in [6, 6.07) is 17.7. The van der Waals surface area contributed by atoms with Crippen molar-refractivity contribution in [1.82, 2.24) is 0 Å². The standard InChI is InChI=1S/C15H17NO.C2H6/c1-15(2,17)13-10-6-7-11-14(13)16-12-8-4-3-5-9-12;1-2/h3-11,16-17H,1-2H3;1-2H3. The maximum atomic E-state index is 10.1. The average Bonchev–Trinajstić information content (AvgIpc) is 2.42. The van der Waals surface area contributed by atoms with E-state index in [4.69, 9.17) is 0 Å². The fourth-order valence-corrected chi connectivity index (χ4v) is 1.80. The van der Waals surface area contributed by atoms with Crippen LogP contribution in [0.4, 0.5) is 11.4 Å². The maximum Gasteiger partial charge on any atom is 0.0860 e. The molecule has 0 saturated heterocycles. The summed E-state index contributed by atoms with van der Waals surface area (Å²) in [5, 5.41) is 13.4. The zero-order valence-electron chi connectivity index (χ0n) is 12.1. The van der Waals surface area contributed by atoms with Crippen LogP contribution in [0, 0.1) is 0 Å². The zero-order chi connectivity index (χ0) is 14.3. The van der Waals surface area contributed by atoms with Crippen LogP contribution in [-0.4, -0.2) is 5.11 Å². The highest BCUT2D eigenvalue weighted by molar-refractivity contribution is 5.64. The molecule has 19 heavy (non-hydrogen) atoms. The Morgan fingerprint density at radius 2 is 1.37 bits per heavy atom. The Morgan fingerprint density at radius 3 is 1.95 bits per heavy atom. The number of hydrogen-bond acceptors (Lipinski definition) is 2. The number of rotatable bonds is 3. The minimum Gasteiger partial charge on any atom is -0.386 e. The Bertz CT molecular complexity index is 486. The molecule has 2 nitrogen and oxygen atoms in total. The summed E-state index contributed by atoms with van der Waals surface area (Å²) in [5.41, 5.74) is 2.00. The van der Waals surface area contributed by atoms with Gasteiger partial charge in [0.15, 0.2) is 0 Å². The third-order valence-electron chi connectivity index (χ3n) is 2.64. The van der Waals surface area contributed by atoms with E-state index in [2.05, 4.69) is 5.32 Å². The molecule has 0 aliphatic carbocycles. The lowest BCUT2D eigenvalue weighted by atomic mass is 9.96. The van der Waals surface area contributed by atoms with E-state index >= 15 is 0 Å². The predicted octanol–water partition coefficient (Wildman–Crippen LogP) is 4.68. The molecular weight excluding hydrogens is 234 g/mol. The largest absolute Gasteiger partial charge is 0.386 e. The second kappa shape index (κ2) is 6.95. The van der Waals surface area contributed by atoms with Crippen LogP contribution in [0.25, 0.3) is 0 Å². The van der Waals surface area contributed by atoms with Crippen molar-refractivity contribution >= 4 is 11.4 Å². The van der Waals surface area contributed by atoms with E-state index < -0.39 is 5.60 Å². The van der Waals surface area contributed by atoms with Gasteiger partial charge >= 0.3 is 0 Å². The fourth-order valence-electron chi connectivity index (χ4n) is 1.80. The lowest BCUT2D eigenvalue weighted by molar-refractivity contribution is 0.0794. The molecule has 0 amide bonds. The van der Waals surface area contributed by atoms with E-state index in [1.54, 1.807) is 13.8 Å². The van der Waals surface area contributed by atoms with Gasteiger partial charge in [-0.1, -0.05) is 50.2 Å². The van der Waals surface area contributed by atoms with Gasteiger partial charge in [0.05, 0.1) is 5.60 Å². The first-order valence-electron chi connectivity index (χ1n) is 6.71. The molecule has 0 fully saturated rings. The first-order chi connectivity index (χ1) is 9.07. The second-order valence-corrected chi connectivity index (χ2v) is 4.60. The van der Waals surface area contributed by atoms with E-state index in [-0.39, 0.29) is 0 Å². The smallest absolute Gasteiger partial charge is 0.0860 e. The van der Waals surface area contributed by atoms with Gasteiger partial charge in [-0.05, 0) is 32.0 Å². The molecule has 0 spiro atoms. The molecule has 2 N–H and O–H groups in total. The molecule has 0 radical (unpaired) electrons. The van der Waals surface area contributed by atoms with Gasteiger partial charge in [0, 0.05) is 16.9 Å². The van der Waals surface area contributed by atoms with Crippen molar-refractivity contribution in [3.8, 4) is 0 Å². The molecule has 2 aromatic carbocycles. The second-order valence-electron chi connectivity index (χ2n) is 4.60. The lowest BCUT2D eigenvalue weighted by Gasteiger charge is -2.22. The van der Waals surface area contributed by atoms with E-state index in [0.717, 1.165) is 16.9 Å². The fraction of sp³-hybridized carbons (Fsp3) is 0.294. The molecular formula is C17H23NO. The first-order valence-corrected chi connectivity index (χ1v) is 6.71. The molecule has 0 atom stereocenters. The van der Waals surface area contributed by atoms with Gasteiger partial charge in [-0.2, -0.15) is 0 Å². The summed E-state index contributed by atoms with van der Waals surface area (Å²) in [4.78, 5) is 0. The van der Waals surface area contributed by atoms with E-state index in [1.165, 1.54) is 0 Å². The SMILES string of the molecule is CC.CC(C)(O)c1ccccc1Nc1ccccc1. The number of aliphatic hydroxyl groups is 1. The molecule has 0 aromatic heterocycles. The highest BCUT2D eigenvalue weighted by atomic mass is 16.3. The summed E-state index contributed by atoms with van der Waals surface area (Å²) in [7, 11) is 0. The summed E-state index contributed by atoms with van der Waals surface area (Å²) >= 11 is 0. The maximum absolute atomic E-state index is 10.1. The van der Waals surface area contributed by atoms with Crippen LogP contribution >= 0.6 is 0 Å². The Labute approximate surface area is 116 Å². The Hall–Kier alpha value is -1.80. The molecule has 0 heterocycles. The van der Waals surface area contributed by atoms with Crippen LogP contribution in [0.1, 0.15) is 33.3 Å². The van der Waals surface area contributed by atoms with Crippen molar-refractivity contribution in [2.75, 3.05) is 5.32 Å². The minimum absolute atomic E-state index is 0.849. The third-order valence-corrected chi connectivity index (χ3v) is 2.64. The molecule has 2 aromatic rings.